The van der Waals surface area contributed by atoms with Gasteiger partial charge in [-0.1, -0.05) is 6.07 Å². The van der Waals surface area contributed by atoms with Gasteiger partial charge in [0, 0.05) is 25.2 Å². The lowest BCUT2D eigenvalue weighted by atomic mass is 10.1. The molecule has 0 atom stereocenters. The van der Waals surface area contributed by atoms with Crippen LogP contribution < -0.4 is 10.5 Å². The highest BCUT2D eigenvalue weighted by Gasteiger charge is 2.24. The summed E-state index contributed by atoms with van der Waals surface area (Å²) in [6, 6.07) is 10.2. The first-order valence-electron chi connectivity index (χ1n) is 10.3. The molecule has 0 radical (unpaired) electrons. The number of oxazole rings is 1. The number of nitrogens with two attached hydrogens (primary N) is 1. The Morgan fingerprint density at radius 3 is 2.44 bits per heavy atom. The van der Waals surface area contributed by atoms with E-state index >= 15 is 0 Å². The van der Waals surface area contributed by atoms with Crippen LogP contribution in [0.25, 0.3) is 22.8 Å². The van der Waals surface area contributed by atoms with Crippen molar-refractivity contribution >= 4 is 5.91 Å². The molecule has 0 saturated carbocycles. The highest BCUT2D eigenvalue weighted by atomic mass is 19.1. The van der Waals surface area contributed by atoms with E-state index in [1.165, 1.54) is 6.07 Å². The van der Waals surface area contributed by atoms with Gasteiger partial charge in [-0.05, 0) is 42.8 Å². The van der Waals surface area contributed by atoms with Crippen LogP contribution in [0.5, 0.6) is 5.75 Å². The minimum absolute atomic E-state index is 0.0361. The molecule has 1 aliphatic heterocycles. The number of carbonyl (C=O) groups is 1. The van der Waals surface area contributed by atoms with Gasteiger partial charge in [0.25, 0.3) is 5.91 Å². The lowest BCUT2D eigenvalue weighted by Gasteiger charge is -2.26. The first kappa shape index (κ1) is 21.9. The van der Waals surface area contributed by atoms with Crippen LogP contribution in [0.2, 0.25) is 0 Å². The molecular weight excluding hydrogens is 420 g/mol. The van der Waals surface area contributed by atoms with Crippen molar-refractivity contribution in [3.8, 4) is 28.5 Å². The summed E-state index contributed by atoms with van der Waals surface area (Å²) in [6.45, 7) is 4.91. The molecule has 2 heterocycles. The van der Waals surface area contributed by atoms with Gasteiger partial charge in [-0.25, -0.2) is 13.8 Å². The first-order valence-corrected chi connectivity index (χ1v) is 10.3. The fraction of sp³-hybridized carbons (Fsp3) is 0.304. The zero-order valence-electron chi connectivity index (χ0n) is 17.4. The number of morpholine rings is 1. The topological polar surface area (TPSA) is 90.8 Å². The number of carbonyl (C=O) groups excluding carboxylic acids is 1. The summed E-state index contributed by atoms with van der Waals surface area (Å²) in [5.74, 6) is -2.24. The highest BCUT2D eigenvalue weighted by molar-refractivity contribution is 5.97. The van der Waals surface area contributed by atoms with E-state index < -0.39 is 23.1 Å². The van der Waals surface area contributed by atoms with E-state index in [0.29, 0.717) is 17.9 Å². The standard InChI is InChI=1S/C23H23F2N3O4/c24-17-3-1-4-18(25)19(17)23-27-20(22(26)29)21(32-23)15-5-7-16(8-6-15)31-12-2-9-28-10-13-30-14-11-28/h1,3-8H,2,9-14H2,(H2,26,29). The summed E-state index contributed by atoms with van der Waals surface area (Å²) in [6.07, 6.45) is 0.882. The van der Waals surface area contributed by atoms with E-state index in [2.05, 4.69) is 9.88 Å². The fourth-order valence-electron chi connectivity index (χ4n) is 3.50. The number of rotatable bonds is 8. The minimum atomic E-state index is -0.866. The number of hydrogen-bond acceptors (Lipinski definition) is 6. The van der Waals surface area contributed by atoms with Crippen molar-refractivity contribution in [1.29, 1.82) is 0 Å². The molecule has 0 spiro atoms. The van der Waals surface area contributed by atoms with Crippen molar-refractivity contribution in [3.63, 3.8) is 0 Å². The molecular formula is C23H23F2N3O4. The second-order valence-corrected chi connectivity index (χ2v) is 7.34. The molecule has 32 heavy (non-hydrogen) atoms. The Labute approximate surface area is 183 Å². The Hall–Kier alpha value is -3.30. The maximum atomic E-state index is 14.1. The maximum absolute atomic E-state index is 14.1. The van der Waals surface area contributed by atoms with Crippen LogP contribution in [0.1, 0.15) is 16.9 Å². The van der Waals surface area contributed by atoms with Crippen molar-refractivity contribution in [2.75, 3.05) is 39.5 Å². The number of aromatic nitrogens is 1. The predicted molar refractivity (Wildman–Crippen MR) is 113 cm³/mol. The number of primary amides is 1. The van der Waals surface area contributed by atoms with Crippen LogP contribution in [0.3, 0.4) is 0 Å². The van der Waals surface area contributed by atoms with Gasteiger partial charge in [0.15, 0.2) is 11.5 Å². The molecule has 1 saturated heterocycles. The van der Waals surface area contributed by atoms with Gasteiger partial charge in [-0.3, -0.25) is 9.69 Å². The SMILES string of the molecule is NC(=O)c1nc(-c2c(F)cccc2F)oc1-c1ccc(OCCCN2CCOCC2)cc1. The fourth-order valence-corrected chi connectivity index (χ4v) is 3.50. The van der Waals surface area contributed by atoms with Gasteiger partial charge in [0.2, 0.25) is 5.89 Å². The lowest BCUT2D eigenvalue weighted by Crippen LogP contribution is -2.37. The molecule has 7 nitrogen and oxygen atoms in total. The Morgan fingerprint density at radius 2 is 1.78 bits per heavy atom. The van der Waals surface area contributed by atoms with E-state index in [-0.39, 0.29) is 17.3 Å². The molecule has 3 aromatic rings. The predicted octanol–water partition coefficient (Wildman–Crippen LogP) is 3.49. The minimum Gasteiger partial charge on any atom is -0.494 e. The van der Waals surface area contributed by atoms with Crippen LogP contribution in [-0.4, -0.2) is 55.2 Å². The molecule has 4 rings (SSSR count). The number of ether oxygens (including phenoxy) is 2. The van der Waals surface area contributed by atoms with Crippen LogP contribution in [0, 0.1) is 11.6 Å². The Balaban J connectivity index is 1.46. The molecule has 0 bridgehead atoms. The molecule has 9 heteroatoms. The van der Waals surface area contributed by atoms with Crippen molar-refractivity contribution in [3.05, 3.63) is 59.8 Å². The van der Waals surface area contributed by atoms with Gasteiger partial charge in [-0.15, -0.1) is 0 Å². The van der Waals surface area contributed by atoms with E-state index in [1.54, 1.807) is 24.3 Å². The van der Waals surface area contributed by atoms with Gasteiger partial charge in [0.05, 0.1) is 19.8 Å². The number of hydrogen-bond donors (Lipinski definition) is 1. The van der Waals surface area contributed by atoms with Crippen LogP contribution in [0.15, 0.2) is 46.9 Å². The first-order chi connectivity index (χ1) is 15.5. The summed E-state index contributed by atoms with van der Waals surface area (Å²) < 4.78 is 44.9. The third-order valence-corrected chi connectivity index (χ3v) is 5.14. The second-order valence-electron chi connectivity index (χ2n) is 7.34. The summed E-state index contributed by atoms with van der Waals surface area (Å²) >= 11 is 0. The van der Waals surface area contributed by atoms with Gasteiger partial charge >= 0.3 is 0 Å². The average molecular weight is 443 g/mol. The molecule has 0 unspecified atom stereocenters. The van der Waals surface area contributed by atoms with Crippen LogP contribution in [0.4, 0.5) is 8.78 Å². The average Bonchev–Trinajstić information content (AvgIpc) is 3.23. The molecule has 2 aromatic carbocycles. The number of benzene rings is 2. The maximum Gasteiger partial charge on any atom is 0.271 e. The molecule has 1 aromatic heterocycles. The van der Waals surface area contributed by atoms with Crippen molar-refractivity contribution < 1.29 is 27.5 Å². The number of amides is 1. The van der Waals surface area contributed by atoms with E-state index in [9.17, 15) is 13.6 Å². The van der Waals surface area contributed by atoms with Crippen molar-refractivity contribution in [2.45, 2.75) is 6.42 Å². The smallest absolute Gasteiger partial charge is 0.271 e. The Morgan fingerprint density at radius 1 is 1.09 bits per heavy atom. The number of nitrogens with zero attached hydrogens (tertiary/aromatic N) is 2. The monoisotopic (exact) mass is 443 g/mol. The molecule has 168 valence electrons. The van der Waals surface area contributed by atoms with Gasteiger partial charge in [-0.2, -0.15) is 0 Å². The molecule has 0 aliphatic carbocycles. The Bertz CT molecular complexity index is 1060. The zero-order valence-corrected chi connectivity index (χ0v) is 17.4. The second kappa shape index (κ2) is 9.88. The largest absolute Gasteiger partial charge is 0.494 e. The van der Waals surface area contributed by atoms with E-state index in [1.807, 2.05) is 0 Å². The highest BCUT2D eigenvalue weighted by Crippen LogP contribution is 2.33. The summed E-state index contributed by atoms with van der Waals surface area (Å²) in [5.41, 5.74) is 5.22. The third-order valence-electron chi connectivity index (χ3n) is 5.14. The normalized spacial score (nSPS) is 14.4. The van der Waals surface area contributed by atoms with Crippen molar-refractivity contribution in [2.24, 2.45) is 5.73 Å². The van der Waals surface area contributed by atoms with Gasteiger partial charge < -0.3 is 19.6 Å². The number of halogens is 2. The zero-order chi connectivity index (χ0) is 22.5. The molecule has 2 N–H and O–H groups in total. The quantitative estimate of drug-likeness (QED) is 0.536. The van der Waals surface area contributed by atoms with Crippen LogP contribution >= 0.6 is 0 Å². The Kier molecular flexibility index (Phi) is 6.77. The lowest BCUT2D eigenvalue weighted by molar-refractivity contribution is 0.0358. The molecule has 1 amide bonds. The summed E-state index contributed by atoms with van der Waals surface area (Å²) in [4.78, 5) is 18.1. The van der Waals surface area contributed by atoms with E-state index in [0.717, 1.165) is 51.4 Å². The van der Waals surface area contributed by atoms with Crippen LogP contribution in [-0.2, 0) is 4.74 Å². The molecule has 1 aliphatic rings. The van der Waals surface area contributed by atoms with E-state index in [4.69, 9.17) is 19.6 Å². The molecule has 1 fully saturated rings. The summed E-state index contributed by atoms with van der Waals surface area (Å²) in [5, 5.41) is 0. The third kappa shape index (κ3) is 4.95. The van der Waals surface area contributed by atoms with Gasteiger partial charge in [0.1, 0.15) is 22.9 Å². The summed E-state index contributed by atoms with van der Waals surface area (Å²) in [7, 11) is 0. The van der Waals surface area contributed by atoms with Crippen molar-refractivity contribution in [1.82, 2.24) is 9.88 Å².